The molecule has 0 fully saturated rings. The molecule has 0 bridgehead atoms. The van der Waals surface area contributed by atoms with E-state index in [1.54, 1.807) is 0 Å². The highest BCUT2D eigenvalue weighted by Gasteiger charge is 2.12. The van der Waals surface area contributed by atoms with Crippen LogP contribution in [0.4, 0.5) is 0 Å². The molecule has 0 heterocycles. The van der Waals surface area contributed by atoms with Crippen LogP contribution in [0.15, 0.2) is 0 Å². The molecule has 0 saturated heterocycles. The van der Waals surface area contributed by atoms with Gasteiger partial charge < -0.3 is 9.84 Å². The number of ether oxygens (including phenoxy) is 1. The van der Waals surface area contributed by atoms with Gasteiger partial charge in [0.15, 0.2) is 5.78 Å². The van der Waals surface area contributed by atoms with Crippen LogP contribution in [0.3, 0.4) is 0 Å². The molecule has 0 unspecified atom stereocenters. The van der Waals surface area contributed by atoms with Crippen molar-refractivity contribution in [1.29, 1.82) is 0 Å². The molecular formula is C10H21NO3. The molecule has 14 heavy (non-hydrogen) atoms. The molecule has 0 aromatic rings. The zero-order chi connectivity index (χ0) is 11.0. The van der Waals surface area contributed by atoms with Gasteiger partial charge >= 0.3 is 0 Å². The molecular weight excluding hydrogens is 182 g/mol. The van der Waals surface area contributed by atoms with E-state index in [2.05, 4.69) is 0 Å². The maximum absolute atomic E-state index is 11.3. The van der Waals surface area contributed by atoms with Crippen molar-refractivity contribution in [2.24, 2.45) is 0 Å². The van der Waals surface area contributed by atoms with E-state index in [0.29, 0.717) is 19.0 Å². The summed E-state index contributed by atoms with van der Waals surface area (Å²) in [4.78, 5) is 13.3. The number of carbonyl (C=O) groups excluding carboxylic acids is 1. The quantitative estimate of drug-likeness (QED) is 0.616. The number of ketones is 1. The first-order valence-electron chi connectivity index (χ1n) is 4.97. The van der Waals surface area contributed by atoms with E-state index in [-0.39, 0.29) is 19.0 Å². The third-order valence-corrected chi connectivity index (χ3v) is 2.02. The highest BCUT2D eigenvalue weighted by atomic mass is 16.5. The van der Waals surface area contributed by atoms with Crippen LogP contribution in [0.5, 0.6) is 0 Å². The Labute approximate surface area is 85.9 Å². The fourth-order valence-corrected chi connectivity index (χ4v) is 1.23. The molecule has 4 nitrogen and oxygen atoms in total. The van der Waals surface area contributed by atoms with Crippen molar-refractivity contribution in [3.8, 4) is 0 Å². The molecule has 0 aliphatic carbocycles. The maximum atomic E-state index is 11.3. The van der Waals surface area contributed by atoms with Gasteiger partial charge in [-0.3, -0.25) is 9.69 Å². The van der Waals surface area contributed by atoms with Gasteiger partial charge in [0, 0.05) is 26.3 Å². The lowest BCUT2D eigenvalue weighted by Crippen LogP contribution is -2.37. The van der Waals surface area contributed by atoms with E-state index in [0.717, 1.165) is 6.54 Å². The number of nitrogens with zero attached hydrogens (tertiary/aromatic N) is 1. The number of hydrogen-bond donors (Lipinski definition) is 1. The first-order chi connectivity index (χ1) is 6.61. The predicted octanol–water partition coefficient (Wildman–Crippen LogP) is 0.295. The Kier molecular flexibility index (Phi) is 7.65. The average Bonchev–Trinajstić information content (AvgIpc) is 2.12. The van der Waals surface area contributed by atoms with Crippen LogP contribution in [0.25, 0.3) is 0 Å². The highest BCUT2D eigenvalue weighted by molar-refractivity contribution is 5.81. The van der Waals surface area contributed by atoms with Crippen molar-refractivity contribution < 1.29 is 14.6 Å². The topological polar surface area (TPSA) is 49.8 Å². The van der Waals surface area contributed by atoms with Gasteiger partial charge in [0.2, 0.25) is 0 Å². The summed E-state index contributed by atoms with van der Waals surface area (Å²) in [6.45, 7) is 5.58. The summed E-state index contributed by atoms with van der Waals surface area (Å²) in [5.41, 5.74) is 0. The van der Waals surface area contributed by atoms with Gasteiger partial charge in [-0.15, -0.1) is 0 Å². The lowest BCUT2D eigenvalue weighted by molar-refractivity contribution is -0.124. The smallest absolute Gasteiger partial charge is 0.172 e. The number of Topliss-reactive ketones (excluding diaryl/α,β-unsaturated/α-hetero) is 1. The minimum Gasteiger partial charge on any atom is -0.396 e. The Bertz CT molecular complexity index is 159. The zero-order valence-electron chi connectivity index (χ0n) is 9.32. The molecule has 0 rings (SSSR count). The van der Waals surface area contributed by atoms with Gasteiger partial charge in [0.05, 0.1) is 6.54 Å². The standard InChI is InChI=1S/C10H21NO3/c1-9(2)11(5-4-6-12)7-10(13)8-14-3/h9,12H,4-8H2,1-3H3. The van der Waals surface area contributed by atoms with Crippen LogP contribution in [0.2, 0.25) is 0 Å². The second-order valence-corrected chi connectivity index (χ2v) is 3.61. The fraction of sp³-hybridized carbons (Fsp3) is 0.900. The molecule has 0 aromatic heterocycles. The Morgan fingerprint density at radius 2 is 2.14 bits per heavy atom. The summed E-state index contributed by atoms with van der Waals surface area (Å²) < 4.78 is 4.76. The Morgan fingerprint density at radius 3 is 2.57 bits per heavy atom. The number of aliphatic hydroxyl groups is 1. The first kappa shape index (κ1) is 13.5. The summed E-state index contributed by atoms with van der Waals surface area (Å²) >= 11 is 0. The Morgan fingerprint density at radius 1 is 1.50 bits per heavy atom. The number of carbonyl (C=O) groups is 1. The van der Waals surface area contributed by atoms with Crippen molar-refractivity contribution >= 4 is 5.78 Å². The summed E-state index contributed by atoms with van der Waals surface area (Å²) in [6, 6.07) is 0.322. The van der Waals surface area contributed by atoms with Crippen LogP contribution in [-0.2, 0) is 9.53 Å². The molecule has 0 spiro atoms. The van der Waals surface area contributed by atoms with E-state index < -0.39 is 0 Å². The van der Waals surface area contributed by atoms with Gasteiger partial charge in [-0.1, -0.05) is 0 Å². The number of rotatable bonds is 8. The monoisotopic (exact) mass is 203 g/mol. The molecule has 0 aliphatic heterocycles. The second kappa shape index (κ2) is 7.91. The minimum absolute atomic E-state index is 0.0825. The lowest BCUT2D eigenvalue weighted by atomic mass is 10.2. The molecule has 0 atom stereocenters. The van der Waals surface area contributed by atoms with E-state index in [1.807, 2.05) is 18.7 Å². The van der Waals surface area contributed by atoms with Crippen molar-refractivity contribution in [2.45, 2.75) is 26.3 Å². The third kappa shape index (κ3) is 6.07. The number of methoxy groups -OCH3 is 1. The molecule has 0 aromatic carbocycles. The maximum Gasteiger partial charge on any atom is 0.172 e. The van der Waals surface area contributed by atoms with Crippen LogP contribution in [-0.4, -0.2) is 55.2 Å². The summed E-state index contributed by atoms with van der Waals surface area (Å²) in [6.07, 6.45) is 0.707. The summed E-state index contributed by atoms with van der Waals surface area (Å²) in [5.74, 6) is 0.0825. The molecule has 0 saturated carbocycles. The summed E-state index contributed by atoms with van der Waals surface area (Å²) in [5, 5.41) is 8.70. The largest absolute Gasteiger partial charge is 0.396 e. The summed E-state index contributed by atoms with van der Waals surface area (Å²) in [7, 11) is 1.52. The third-order valence-electron chi connectivity index (χ3n) is 2.02. The molecule has 84 valence electrons. The van der Waals surface area contributed by atoms with Gasteiger partial charge in [-0.25, -0.2) is 0 Å². The Hall–Kier alpha value is -0.450. The number of hydrogen-bond acceptors (Lipinski definition) is 4. The normalized spacial score (nSPS) is 11.3. The Balaban J connectivity index is 3.89. The molecule has 4 heteroatoms. The molecule has 0 aliphatic rings. The van der Waals surface area contributed by atoms with Crippen LogP contribution in [0.1, 0.15) is 20.3 Å². The first-order valence-corrected chi connectivity index (χ1v) is 4.97. The molecule has 0 amide bonds. The highest BCUT2D eigenvalue weighted by Crippen LogP contribution is 1.99. The molecule has 0 radical (unpaired) electrons. The van der Waals surface area contributed by atoms with Crippen molar-refractivity contribution in [1.82, 2.24) is 4.90 Å². The van der Waals surface area contributed by atoms with Crippen molar-refractivity contribution in [3.63, 3.8) is 0 Å². The van der Waals surface area contributed by atoms with Gasteiger partial charge in [-0.05, 0) is 20.3 Å². The lowest BCUT2D eigenvalue weighted by Gasteiger charge is -2.25. The average molecular weight is 203 g/mol. The zero-order valence-corrected chi connectivity index (χ0v) is 9.32. The van der Waals surface area contributed by atoms with E-state index >= 15 is 0 Å². The van der Waals surface area contributed by atoms with Gasteiger partial charge in [-0.2, -0.15) is 0 Å². The van der Waals surface area contributed by atoms with Crippen LogP contribution >= 0.6 is 0 Å². The van der Waals surface area contributed by atoms with Crippen molar-refractivity contribution in [2.75, 3.05) is 33.4 Å². The van der Waals surface area contributed by atoms with E-state index in [1.165, 1.54) is 7.11 Å². The predicted molar refractivity (Wildman–Crippen MR) is 55.3 cm³/mol. The SMILES string of the molecule is COCC(=O)CN(CCCO)C(C)C. The van der Waals surface area contributed by atoms with Gasteiger partial charge in [0.25, 0.3) is 0 Å². The van der Waals surface area contributed by atoms with Crippen LogP contribution in [0, 0.1) is 0 Å². The van der Waals surface area contributed by atoms with Gasteiger partial charge in [0.1, 0.15) is 6.61 Å². The number of aliphatic hydroxyl groups excluding tert-OH is 1. The fourth-order valence-electron chi connectivity index (χ4n) is 1.23. The van der Waals surface area contributed by atoms with Crippen molar-refractivity contribution in [3.05, 3.63) is 0 Å². The van der Waals surface area contributed by atoms with E-state index in [4.69, 9.17) is 9.84 Å². The molecule has 1 N–H and O–H groups in total. The van der Waals surface area contributed by atoms with Crippen LogP contribution < -0.4 is 0 Å². The minimum atomic E-state index is 0.0825. The second-order valence-electron chi connectivity index (χ2n) is 3.61. The van der Waals surface area contributed by atoms with E-state index in [9.17, 15) is 4.79 Å².